The predicted molar refractivity (Wildman–Crippen MR) is 78.0 cm³/mol. The summed E-state index contributed by atoms with van der Waals surface area (Å²) in [5, 5.41) is 2.85. The molecule has 5 heteroatoms. The van der Waals surface area contributed by atoms with Crippen LogP contribution in [-0.4, -0.2) is 18.0 Å². The van der Waals surface area contributed by atoms with Crippen LogP contribution in [-0.2, 0) is 4.79 Å². The first kappa shape index (κ1) is 13.5. The van der Waals surface area contributed by atoms with E-state index in [-0.39, 0.29) is 11.7 Å². The van der Waals surface area contributed by atoms with Gasteiger partial charge in [-0.05, 0) is 43.7 Å². The molecule has 0 saturated carbocycles. The number of methoxy groups -OCH3 is 1. The summed E-state index contributed by atoms with van der Waals surface area (Å²) in [5.74, 6) is -0.494. The molecule has 2 heterocycles. The minimum Gasteiger partial charge on any atom is -0.481 e. The summed E-state index contributed by atoms with van der Waals surface area (Å²) in [6, 6.07) is 6.24. The van der Waals surface area contributed by atoms with Gasteiger partial charge in [0, 0.05) is 11.1 Å². The van der Waals surface area contributed by atoms with Crippen molar-refractivity contribution in [2.24, 2.45) is 0 Å². The number of hydrogen-bond acceptors (Lipinski definition) is 3. The molecule has 108 valence electrons. The smallest absolute Gasteiger partial charge is 0.231 e. The molecule has 1 N–H and O–H groups in total. The highest BCUT2D eigenvalue weighted by molar-refractivity contribution is 6.02. The summed E-state index contributed by atoms with van der Waals surface area (Å²) < 4.78 is 18.8. The van der Waals surface area contributed by atoms with Crippen LogP contribution in [0.1, 0.15) is 24.0 Å². The van der Waals surface area contributed by atoms with Crippen molar-refractivity contribution in [2.45, 2.75) is 19.8 Å². The monoisotopic (exact) mass is 286 g/mol. The molecule has 0 spiro atoms. The van der Waals surface area contributed by atoms with Gasteiger partial charge in [0.1, 0.15) is 5.82 Å². The van der Waals surface area contributed by atoms with Gasteiger partial charge in [0.05, 0.1) is 24.4 Å². The van der Waals surface area contributed by atoms with Crippen LogP contribution in [0.3, 0.4) is 0 Å². The maximum absolute atomic E-state index is 13.5. The Bertz CT molecular complexity index is 743. The average molecular weight is 286 g/mol. The Morgan fingerprint density at radius 1 is 1.33 bits per heavy atom. The third-order valence-electron chi connectivity index (χ3n) is 3.75. The molecule has 1 aliphatic rings. The van der Waals surface area contributed by atoms with Gasteiger partial charge in [-0.15, -0.1) is 0 Å². The molecular weight excluding hydrogens is 271 g/mol. The lowest BCUT2D eigenvalue weighted by Gasteiger charge is -2.12. The number of hydrogen-bond donors (Lipinski definition) is 1. The Labute approximate surface area is 122 Å². The van der Waals surface area contributed by atoms with Crippen molar-refractivity contribution in [1.29, 1.82) is 0 Å². The first-order valence-corrected chi connectivity index (χ1v) is 6.67. The quantitative estimate of drug-likeness (QED) is 0.875. The summed E-state index contributed by atoms with van der Waals surface area (Å²) in [6.45, 7) is 3.61. The number of benzene rings is 1. The SMILES string of the molecule is COc1nc2c(cc1C)NC(=O)C(C)c1cc(F)ccc1-2. The molecule has 1 unspecified atom stereocenters. The molecule has 0 saturated heterocycles. The average Bonchev–Trinajstić information content (AvgIpc) is 2.55. The fourth-order valence-electron chi connectivity index (χ4n) is 2.59. The van der Waals surface area contributed by atoms with Gasteiger partial charge in [-0.1, -0.05) is 0 Å². The van der Waals surface area contributed by atoms with Gasteiger partial charge < -0.3 is 10.1 Å². The summed E-state index contributed by atoms with van der Waals surface area (Å²) in [6.07, 6.45) is 0. The minimum atomic E-state index is -0.448. The van der Waals surface area contributed by atoms with Crippen molar-refractivity contribution in [1.82, 2.24) is 4.98 Å². The topological polar surface area (TPSA) is 51.2 Å². The van der Waals surface area contributed by atoms with E-state index in [0.717, 1.165) is 11.1 Å². The molecule has 21 heavy (non-hydrogen) atoms. The Kier molecular flexibility index (Phi) is 3.12. The van der Waals surface area contributed by atoms with Crippen molar-refractivity contribution in [3.05, 3.63) is 41.2 Å². The Balaban J connectivity index is 2.32. The van der Waals surface area contributed by atoms with Gasteiger partial charge in [-0.25, -0.2) is 9.37 Å². The minimum absolute atomic E-state index is 0.174. The van der Waals surface area contributed by atoms with Crippen LogP contribution in [0.15, 0.2) is 24.3 Å². The number of rotatable bonds is 1. The van der Waals surface area contributed by atoms with Gasteiger partial charge in [0.15, 0.2) is 0 Å². The molecule has 1 amide bonds. The number of anilines is 1. The summed E-state index contributed by atoms with van der Waals surface area (Å²) in [5.41, 5.74) is 3.43. The first-order valence-electron chi connectivity index (χ1n) is 6.67. The summed E-state index contributed by atoms with van der Waals surface area (Å²) in [7, 11) is 1.55. The number of halogens is 1. The number of carbonyl (C=O) groups excluding carboxylic acids is 1. The number of pyridine rings is 1. The number of nitrogens with one attached hydrogen (secondary N) is 1. The molecule has 1 atom stereocenters. The number of ether oxygens (including phenoxy) is 1. The number of nitrogens with zero attached hydrogens (tertiary/aromatic N) is 1. The van der Waals surface area contributed by atoms with Crippen LogP contribution in [0.5, 0.6) is 5.88 Å². The molecule has 1 aromatic heterocycles. The van der Waals surface area contributed by atoms with E-state index in [1.54, 1.807) is 20.1 Å². The Morgan fingerprint density at radius 2 is 2.10 bits per heavy atom. The van der Waals surface area contributed by atoms with Crippen molar-refractivity contribution in [3.8, 4) is 17.1 Å². The second kappa shape index (κ2) is 4.84. The molecule has 0 bridgehead atoms. The molecule has 0 radical (unpaired) electrons. The van der Waals surface area contributed by atoms with Gasteiger partial charge in [-0.3, -0.25) is 4.79 Å². The van der Waals surface area contributed by atoms with E-state index in [0.29, 0.717) is 22.8 Å². The zero-order valence-corrected chi connectivity index (χ0v) is 12.0. The highest BCUT2D eigenvalue weighted by Gasteiger charge is 2.27. The molecule has 2 aromatic rings. The van der Waals surface area contributed by atoms with Crippen LogP contribution >= 0.6 is 0 Å². The van der Waals surface area contributed by atoms with E-state index >= 15 is 0 Å². The van der Waals surface area contributed by atoms with E-state index in [4.69, 9.17) is 4.74 Å². The van der Waals surface area contributed by atoms with E-state index in [9.17, 15) is 9.18 Å². The summed E-state index contributed by atoms with van der Waals surface area (Å²) in [4.78, 5) is 16.7. The lowest BCUT2D eigenvalue weighted by molar-refractivity contribution is -0.117. The molecule has 3 rings (SSSR count). The normalized spacial score (nSPS) is 16.6. The van der Waals surface area contributed by atoms with E-state index in [2.05, 4.69) is 10.3 Å². The third kappa shape index (κ3) is 2.14. The van der Waals surface area contributed by atoms with Crippen LogP contribution in [0.2, 0.25) is 0 Å². The first-order chi connectivity index (χ1) is 10.0. The standard InChI is InChI=1S/C16H15FN2O2/c1-8-6-13-14(19-16(8)21-3)11-5-4-10(17)7-12(11)9(2)15(20)18-13/h4-7,9H,1-3H3,(H,18,20). The lowest BCUT2D eigenvalue weighted by Crippen LogP contribution is -2.17. The largest absolute Gasteiger partial charge is 0.481 e. The lowest BCUT2D eigenvalue weighted by atomic mass is 9.94. The second-order valence-corrected chi connectivity index (χ2v) is 5.15. The van der Waals surface area contributed by atoms with E-state index in [1.807, 2.05) is 13.0 Å². The molecule has 4 nitrogen and oxygen atoms in total. The van der Waals surface area contributed by atoms with Crippen LogP contribution < -0.4 is 10.1 Å². The van der Waals surface area contributed by atoms with Crippen LogP contribution in [0, 0.1) is 12.7 Å². The van der Waals surface area contributed by atoms with Gasteiger partial charge >= 0.3 is 0 Å². The maximum atomic E-state index is 13.5. The molecule has 0 aliphatic carbocycles. The highest BCUT2D eigenvalue weighted by atomic mass is 19.1. The molecular formula is C16H15FN2O2. The Morgan fingerprint density at radius 3 is 2.81 bits per heavy atom. The number of fused-ring (bicyclic) bond motifs is 3. The fraction of sp³-hybridized carbons (Fsp3) is 0.250. The maximum Gasteiger partial charge on any atom is 0.231 e. The van der Waals surface area contributed by atoms with Crippen molar-refractivity contribution in [3.63, 3.8) is 0 Å². The Hall–Kier alpha value is -2.43. The van der Waals surface area contributed by atoms with E-state index in [1.165, 1.54) is 12.1 Å². The van der Waals surface area contributed by atoms with Crippen molar-refractivity contribution >= 4 is 11.6 Å². The van der Waals surface area contributed by atoms with Crippen LogP contribution in [0.4, 0.5) is 10.1 Å². The molecule has 1 aromatic carbocycles. The number of aromatic nitrogens is 1. The fourth-order valence-corrected chi connectivity index (χ4v) is 2.59. The highest BCUT2D eigenvalue weighted by Crippen LogP contribution is 2.39. The molecule has 1 aliphatic heterocycles. The number of amides is 1. The molecule has 0 fully saturated rings. The zero-order valence-electron chi connectivity index (χ0n) is 12.0. The second-order valence-electron chi connectivity index (χ2n) is 5.15. The third-order valence-corrected chi connectivity index (χ3v) is 3.75. The predicted octanol–water partition coefficient (Wildman–Crippen LogP) is 3.26. The summed E-state index contributed by atoms with van der Waals surface area (Å²) >= 11 is 0. The van der Waals surface area contributed by atoms with Gasteiger partial charge in [-0.2, -0.15) is 0 Å². The van der Waals surface area contributed by atoms with Crippen molar-refractivity contribution < 1.29 is 13.9 Å². The van der Waals surface area contributed by atoms with Gasteiger partial charge in [0.25, 0.3) is 0 Å². The number of aryl methyl sites for hydroxylation is 1. The van der Waals surface area contributed by atoms with E-state index < -0.39 is 5.92 Å². The number of carbonyl (C=O) groups is 1. The zero-order chi connectivity index (χ0) is 15.1. The van der Waals surface area contributed by atoms with Crippen molar-refractivity contribution in [2.75, 3.05) is 12.4 Å². The van der Waals surface area contributed by atoms with Crippen LogP contribution in [0.25, 0.3) is 11.3 Å². The van der Waals surface area contributed by atoms with Gasteiger partial charge in [0.2, 0.25) is 11.8 Å².